The lowest BCUT2D eigenvalue weighted by Gasteiger charge is -2.08. The lowest BCUT2D eigenvalue weighted by Crippen LogP contribution is -2.05. The van der Waals surface area contributed by atoms with E-state index in [9.17, 15) is 0 Å². The minimum Gasteiger partial charge on any atom is -0.490 e. The SMILES string of the molecule is c1ccc(Oc2ccc(OCCON=C3CCCC3)cc2)cc1. The van der Waals surface area contributed by atoms with E-state index in [1.165, 1.54) is 18.6 Å². The summed E-state index contributed by atoms with van der Waals surface area (Å²) >= 11 is 0. The van der Waals surface area contributed by atoms with Crippen molar-refractivity contribution in [2.75, 3.05) is 13.2 Å². The van der Waals surface area contributed by atoms with E-state index in [-0.39, 0.29) is 0 Å². The molecule has 1 aliphatic carbocycles. The Labute approximate surface area is 136 Å². The standard InChI is InChI=1S/C19H21NO3/c1-2-8-18(9-3-1)23-19-12-10-17(11-13-19)21-14-15-22-20-16-6-4-5-7-16/h1-3,8-13H,4-7,14-15H2. The molecule has 4 heteroatoms. The van der Waals surface area contributed by atoms with Crippen LogP contribution >= 0.6 is 0 Å². The molecule has 1 saturated carbocycles. The summed E-state index contributed by atoms with van der Waals surface area (Å²) in [5, 5.41) is 4.13. The summed E-state index contributed by atoms with van der Waals surface area (Å²) in [5.74, 6) is 2.40. The van der Waals surface area contributed by atoms with Crippen molar-refractivity contribution in [1.29, 1.82) is 0 Å². The molecule has 0 radical (unpaired) electrons. The van der Waals surface area contributed by atoms with E-state index in [2.05, 4.69) is 5.16 Å². The van der Waals surface area contributed by atoms with Crippen molar-refractivity contribution in [3.05, 3.63) is 54.6 Å². The molecule has 0 spiro atoms. The van der Waals surface area contributed by atoms with Crippen molar-refractivity contribution in [2.45, 2.75) is 25.7 Å². The third kappa shape index (κ3) is 5.02. The van der Waals surface area contributed by atoms with Gasteiger partial charge in [0.05, 0.1) is 5.71 Å². The van der Waals surface area contributed by atoms with Crippen LogP contribution in [0.2, 0.25) is 0 Å². The van der Waals surface area contributed by atoms with Crippen LogP contribution < -0.4 is 9.47 Å². The highest BCUT2D eigenvalue weighted by Crippen LogP contribution is 2.23. The van der Waals surface area contributed by atoms with E-state index in [0.717, 1.165) is 30.1 Å². The van der Waals surface area contributed by atoms with Crippen LogP contribution in [0.5, 0.6) is 17.2 Å². The summed E-state index contributed by atoms with van der Waals surface area (Å²) < 4.78 is 11.4. The minimum absolute atomic E-state index is 0.464. The summed E-state index contributed by atoms with van der Waals surface area (Å²) in [6, 6.07) is 17.3. The van der Waals surface area contributed by atoms with Crippen molar-refractivity contribution >= 4 is 5.71 Å². The predicted octanol–water partition coefficient (Wildman–Crippen LogP) is 4.80. The van der Waals surface area contributed by atoms with Gasteiger partial charge < -0.3 is 14.3 Å². The molecule has 0 saturated heterocycles. The number of benzene rings is 2. The molecule has 0 N–H and O–H groups in total. The average molecular weight is 311 g/mol. The fraction of sp³-hybridized carbons (Fsp3) is 0.316. The van der Waals surface area contributed by atoms with Gasteiger partial charge in [0.1, 0.15) is 23.9 Å². The molecule has 4 nitrogen and oxygen atoms in total. The number of ether oxygens (including phenoxy) is 2. The van der Waals surface area contributed by atoms with Gasteiger partial charge in [-0.2, -0.15) is 0 Å². The molecular weight excluding hydrogens is 290 g/mol. The number of nitrogens with zero attached hydrogens (tertiary/aromatic N) is 1. The van der Waals surface area contributed by atoms with Gasteiger partial charge in [-0.25, -0.2) is 0 Å². The van der Waals surface area contributed by atoms with Crippen molar-refractivity contribution in [1.82, 2.24) is 0 Å². The van der Waals surface area contributed by atoms with E-state index >= 15 is 0 Å². The Kier molecular flexibility index (Phi) is 5.51. The van der Waals surface area contributed by atoms with Gasteiger partial charge in [-0.15, -0.1) is 0 Å². The Morgan fingerprint density at radius 1 is 0.739 bits per heavy atom. The smallest absolute Gasteiger partial charge is 0.151 e. The highest BCUT2D eigenvalue weighted by molar-refractivity contribution is 5.85. The average Bonchev–Trinajstić information content (AvgIpc) is 3.10. The van der Waals surface area contributed by atoms with Crippen LogP contribution in [0.25, 0.3) is 0 Å². The molecule has 3 rings (SSSR count). The van der Waals surface area contributed by atoms with E-state index < -0.39 is 0 Å². The maximum absolute atomic E-state index is 5.74. The van der Waals surface area contributed by atoms with Crippen LogP contribution in [-0.2, 0) is 4.84 Å². The third-order valence-corrected chi connectivity index (χ3v) is 3.62. The van der Waals surface area contributed by atoms with Gasteiger partial charge in [0, 0.05) is 0 Å². The number of hydrogen-bond acceptors (Lipinski definition) is 4. The molecule has 120 valence electrons. The van der Waals surface area contributed by atoms with Crippen LogP contribution in [-0.4, -0.2) is 18.9 Å². The van der Waals surface area contributed by atoms with E-state index in [1.807, 2.05) is 54.6 Å². The Morgan fingerprint density at radius 2 is 1.39 bits per heavy atom. The van der Waals surface area contributed by atoms with E-state index in [4.69, 9.17) is 14.3 Å². The topological polar surface area (TPSA) is 40.0 Å². The number of rotatable bonds is 7. The molecule has 0 amide bonds. The van der Waals surface area contributed by atoms with Gasteiger partial charge >= 0.3 is 0 Å². The lowest BCUT2D eigenvalue weighted by atomic mass is 10.3. The largest absolute Gasteiger partial charge is 0.490 e. The maximum atomic E-state index is 5.74. The normalized spacial score (nSPS) is 13.7. The zero-order valence-electron chi connectivity index (χ0n) is 13.1. The maximum Gasteiger partial charge on any atom is 0.151 e. The Hall–Kier alpha value is -2.49. The summed E-state index contributed by atoms with van der Waals surface area (Å²) in [7, 11) is 0. The van der Waals surface area contributed by atoms with Crippen molar-refractivity contribution in [3.63, 3.8) is 0 Å². The molecule has 1 aliphatic rings. The van der Waals surface area contributed by atoms with Crippen LogP contribution in [0, 0.1) is 0 Å². The van der Waals surface area contributed by atoms with Crippen molar-refractivity contribution < 1.29 is 14.3 Å². The Morgan fingerprint density at radius 3 is 2.13 bits per heavy atom. The van der Waals surface area contributed by atoms with Gasteiger partial charge in [0.2, 0.25) is 0 Å². The summed E-state index contributed by atoms with van der Waals surface area (Å²) in [5.41, 5.74) is 1.17. The number of hydrogen-bond donors (Lipinski definition) is 0. The molecule has 0 aromatic heterocycles. The van der Waals surface area contributed by atoms with Gasteiger partial charge in [-0.05, 0) is 62.1 Å². The zero-order valence-corrected chi connectivity index (χ0v) is 13.1. The van der Waals surface area contributed by atoms with Crippen molar-refractivity contribution in [3.8, 4) is 17.2 Å². The van der Waals surface area contributed by atoms with E-state index in [0.29, 0.717) is 13.2 Å². The summed E-state index contributed by atoms with van der Waals surface area (Å²) in [4.78, 5) is 5.28. The van der Waals surface area contributed by atoms with Crippen molar-refractivity contribution in [2.24, 2.45) is 5.16 Å². The Bertz CT molecular complexity index is 615. The van der Waals surface area contributed by atoms with E-state index in [1.54, 1.807) is 0 Å². The van der Waals surface area contributed by atoms with Crippen LogP contribution in [0.3, 0.4) is 0 Å². The molecule has 23 heavy (non-hydrogen) atoms. The molecule has 0 heterocycles. The van der Waals surface area contributed by atoms with Gasteiger partial charge in [0.15, 0.2) is 6.61 Å². The number of oxime groups is 1. The van der Waals surface area contributed by atoms with Gasteiger partial charge in [0.25, 0.3) is 0 Å². The molecule has 0 atom stereocenters. The highest BCUT2D eigenvalue weighted by Gasteiger charge is 2.08. The molecule has 0 unspecified atom stereocenters. The first kappa shape index (κ1) is 15.4. The summed E-state index contributed by atoms with van der Waals surface area (Å²) in [6.45, 7) is 0.946. The highest BCUT2D eigenvalue weighted by atomic mass is 16.6. The second kappa shape index (κ2) is 8.22. The third-order valence-electron chi connectivity index (χ3n) is 3.62. The monoisotopic (exact) mass is 311 g/mol. The quantitative estimate of drug-likeness (QED) is 0.544. The zero-order chi connectivity index (χ0) is 15.7. The fourth-order valence-corrected chi connectivity index (χ4v) is 2.44. The van der Waals surface area contributed by atoms with Crippen LogP contribution in [0.4, 0.5) is 0 Å². The Balaban J connectivity index is 1.40. The molecule has 0 bridgehead atoms. The second-order valence-corrected chi connectivity index (χ2v) is 5.43. The van der Waals surface area contributed by atoms with Crippen LogP contribution in [0.15, 0.2) is 59.8 Å². The first-order chi connectivity index (χ1) is 11.4. The minimum atomic E-state index is 0.464. The molecule has 1 fully saturated rings. The second-order valence-electron chi connectivity index (χ2n) is 5.43. The van der Waals surface area contributed by atoms with Crippen LogP contribution in [0.1, 0.15) is 25.7 Å². The lowest BCUT2D eigenvalue weighted by molar-refractivity contribution is 0.106. The molecular formula is C19H21NO3. The first-order valence-electron chi connectivity index (χ1n) is 8.04. The molecule has 0 aliphatic heterocycles. The van der Waals surface area contributed by atoms with Gasteiger partial charge in [-0.3, -0.25) is 0 Å². The first-order valence-corrected chi connectivity index (χ1v) is 8.04. The fourth-order valence-electron chi connectivity index (χ4n) is 2.44. The predicted molar refractivity (Wildman–Crippen MR) is 90.3 cm³/mol. The molecule has 2 aromatic carbocycles. The molecule has 2 aromatic rings. The van der Waals surface area contributed by atoms with Gasteiger partial charge in [-0.1, -0.05) is 23.4 Å². The summed E-state index contributed by atoms with van der Waals surface area (Å²) in [6.07, 6.45) is 4.61. The number of para-hydroxylation sites is 1.